The molecule has 0 unspecified atom stereocenters. The molecule has 0 radical (unpaired) electrons. The zero-order chi connectivity index (χ0) is 11.5. The van der Waals surface area contributed by atoms with E-state index < -0.39 is 5.97 Å². The van der Waals surface area contributed by atoms with Crippen molar-refractivity contribution in [3.63, 3.8) is 0 Å². The van der Waals surface area contributed by atoms with E-state index in [1.165, 1.54) is 0 Å². The molecule has 4 heteroatoms. The normalized spacial score (nSPS) is 10.3. The van der Waals surface area contributed by atoms with Crippen LogP contribution in [0.1, 0.15) is 17.3 Å². The predicted molar refractivity (Wildman–Crippen MR) is 60.3 cm³/mol. The van der Waals surface area contributed by atoms with Crippen LogP contribution < -0.4 is 0 Å². The molecule has 1 aromatic carbocycles. The van der Waals surface area contributed by atoms with Gasteiger partial charge >= 0.3 is 5.97 Å². The molecule has 0 aliphatic heterocycles. The van der Waals surface area contributed by atoms with E-state index in [9.17, 15) is 4.79 Å². The molecule has 82 valence electrons. The van der Waals surface area contributed by atoms with Gasteiger partial charge in [-0.2, -0.15) is 0 Å². The summed E-state index contributed by atoms with van der Waals surface area (Å²) in [6.45, 7) is 2.88. The molecule has 0 spiro atoms. The number of hydrogen-bond donors (Lipinski definition) is 1. The molecule has 4 nitrogen and oxygen atoms in total. The molecule has 0 saturated heterocycles. The Bertz CT molecular complexity index is 500. The molecule has 0 saturated carbocycles. The van der Waals surface area contributed by atoms with Gasteiger partial charge in [-0.15, -0.1) is 0 Å². The second kappa shape index (κ2) is 4.18. The number of hydrogen-bond acceptors (Lipinski definition) is 2. The molecule has 1 N–H and O–H groups in total. The summed E-state index contributed by atoms with van der Waals surface area (Å²) in [7, 11) is 0. The van der Waals surface area contributed by atoms with Gasteiger partial charge in [-0.1, -0.05) is 12.1 Å². The molecule has 0 amide bonds. The molecule has 1 aromatic heterocycles. The average molecular weight is 216 g/mol. The van der Waals surface area contributed by atoms with Gasteiger partial charge in [0.05, 0.1) is 5.56 Å². The Kier molecular flexibility index (Phi) is 2.72. The molecule has 2 aromatic rings. The number of benzene rings is 1. The standard InChI is InChI=1S/C12H12N2O2/c1-2-14-8-7-13-11(14)9-3-5-10(6-4-9)12(15)16/h3-8H,2H2,1H3,(H,15,16). The SMILES string of the molecule is CCn1ccnc1-c1ccc(C(=O)O)cc1. The van der Waals surface area contributed by atoms with Crippen molar-refractivity contribution in [2.45, 2.75) is 13.5 Å². The van der Waals surface area contributed by atoms with Gasteiger partial charge in [0.15, 0.2) is 0 Å². The molecule has 1 heterocycles. The number of rotatable bonds is 3. The minimum absolute atomic E-state index is 0.290. The van der Waals surface area contributed by atoms with Crippen LogP contribution in [0.5, 0.6) is 0 Å². The van der Waals surface area contributed by atoms with Crippen LogP contribution in [0.4, 0.5) is 0 Å². The Hall–Kier alpha value is -2.10. The number of carbonyl (C=O) groups is 1. The maximum atomic E-state index is 10.7. The van der Waals surface area contributed by atoms with E-state index in [4.69, 9.17) is 5.11 Å². The van der Waals surface area contributed by atoms with Gasteiger partial charge in [-0.05, 0) is 19.1 Å². The summed E-state index contributed by atoms with van der Waals surface area (Å²) in [4.78, 5) is 14.9. The molecular weight excluding hydrogens is 204 g/mol. The lowest BCUT2D eigenvalue weighted by molar-refractivity contribution is 0.0697. The van der Waals surface area contributed by atoms with Crippen molar-refractivity contribution in [1.82, 2.24) is 9.55 Å². The van der Waals surface area contributed by atoms with Crippen LogP contribution in [0, 0.1) is 0 Å². The van der Waals surface area contributed by atoms with Crippen molar-refractivity contribution in [3.05, 3.63) is 42.2 Å². The highest BCUT2D eigenvalue weighted by molar-refractivity contribution is 5.88. The quantitative estimate of drug-likeness (QED) is 0.856. The van der Waals surface area contributed by atoms with Crippen LogP contribution in [-0.2, 0) is 6.54 Å². The molecule has 0 atom stereocenters. The van der Waals surface area contributed by atoms with Gasteiger partial charge in [0.2, 0.25) is 0 Å². The fourth-order valence-corrected chi connectivity index (χ4v) is 1.59. The molecule has 0 aliphatic rings. The Morgan fingerprint density at radius 2 is 2.06 bits per heavy atom. The van der Waals surface area contributed by atoms with Crippen molar-refractivity contribution in [1.29, 1.82) is 0 Å². The summed E-state index contributed by atoms with van der Waals surface area (Å²) < 4.78 is 2.01. The number of carboxylic acid groups (broad SMARTS) is 1. The predicted octanol–water partition coefficient (Wildman–Crippen LogP) is 2.27. The first-order valence-electron chi connectivity index (χ1n) is 5.07. The second-order valence-electron chi connectivity index (χ2n) is 3.42. The highest BCUT2D eigenvalue weighted by Crippen LogP contribution is 2.17. The summed E-state index contributed by atoms with van der Waals surface area (Å²) >= 11 is 0. The van der Waals surface area contributed by atoms with Crippen LogP contribution >= 0.6 is 0 Å². The third-order valence-corrected chi connectivity index (χ3v) is 2.45. The van der Waals surface area contributed by atoms with Crippen LogP contribution in [0.2, 0.25) is 0 Å². The molecule has 2 rings (SSSR count). The molecular formula is C12H12N2O2. The number of imidazole rings is 1. The maximum Gasteiger partial charge on any atom is 0.335 e. The number of aromatic carboxylic acids is 1. The van der Waals surface area contributed by atoms with E-state index in [-0.39, 0.29) is 0 Å². The van der Waals surface area contributed by atoms with Crippen LogP contribution in [-0.4, -0.2) is 20.6 Å². The Morgan fingerprint density at radius 1 is 1.38 bits per heavy atom. The molecule has 0 aliphatic carbocycles. The highest BCUT2D eigenvalue weighted by Gasteiger charge is 2.06. The summed E-state index contributed by atoms with van der Waals surface area (Å²) in [5.74, 6) is -0.0511. The smallest absolute Gasteiger partial charge is 0.335 e. The van der Waals surface area contributed by atoms with Gasteiger partial charge < -0.3 is 9.67 Å². The highest BCUT2D eigenvalue weighted by atomic mass is 16.4. The van der Waals surface area contributed by atoms with Crippen molar-refractivity contribution in [2.75, 3.05) is 0 Å². The molecule has 0 bridgehead atoms. The molecule has 0 fully saturated rings. The average Bonchev–Trinajstić information content (AvgIpc) is 2.77. The van der Waals surface area contributed by atoms with Crippen molar-refractivity contribution >= 4 is 5.97 Å². The largest absolute Gasteiger partial charge is 0.478 e. The topological polar surface area (TPSA) is 55.1 Å². The van der Waals surface area contributed by atoms with Crippen molar-refractivity contribution in [3.8, 4) is 11.4 Å². The van der Waals surface area contributed by atoms with E-state index in [0.29, 0.717) is 5.56 Å². The number of aryl methyl sites for hydroxylation is 1. The monoisotopic (exact) mass is 216 g/mol. The zero-order valence-electron chi connectivity index (χ0n) is 8.92. The number of nitrogens with zero attached hydrogens (tertiary/aromatic N) is 2. The minimum Gasteiger partial charge on any atom is -0.478 e. The van der Waals surface area contributed by atoms with E-state index in [2.05, 4.69) is 4.98 Å². The summed E-state index contributed by atoms with van der Waals surface area (Å²) in [5, 5.41) is 8.79. The van der Waals surface area contributed by atoms with Crippen molar-refractivity contribution in [2.24, 2.45) is 0 Å². The first-order valence-corrected chi connectivity index (χ1v) is 5.07. The van der Waals surface area contributed by atoms with E-state index in [1.54, 1.807) is 30.5 Å². The summed E-state index contributed by atoms with van der Waals surface area (Å²) in [6, 6.07) is 6.73. The lowest BCUT2D eigenvalue weighted by Gasteiger charge is -2.04. The van der Waals surface area contributed by atoms with Gasteiger partial charge in [0.1, 0.15) is 5.82 Å². The van der Waals surface area contributed by atoms with E-state index in [1.807, 2.05) is 17.7 Å². The number of aromatic nitrogens is 2. The Balaban J connectivity index is 2.38. The zero-order valence-corrected chi connectivity index (χ0v) is 8.92. The fraction of sp³-hybridized carbons (Fsp3) is 0.167. The first-order chi connectivity index (χ1) is 7.72. The van der Waals surface area contributed by atoms with E-state index >= 15 is 0 Å². The summed E-state index contributed by atoms with van der Waals surface area (Å²) in [6.07, 6.45) is 3.64. The Labute approximate surface area is 93.2 Å². The summed E-state index contributed by atoms with van der Waals surface area (Å²) in [5.41, 5.74) is 1.22. The van der Waals surface area contributed by atoms with Crippen LogP contribution in [0.3, 0.4) is 0 Å². The van der Waals surface area contributed by atoms with Gasteiger partial charge in [0.25, 0.3) is 0 Å². The fourth-order valence-electron chi connectivity index (χ4n) is 1.59. The lowest BCUT2D eigenvalue weighted by atomic mass is 10.1. The van der Waals surface area contributed by atoms with Gasteiger partial charge in [-0.3, -0.25) is 0 Å². The van der Waals surface area contributed by atoms with E-state index in [0.717, 1.165) is 17.9 Å². The molecule has 16 heavy (non-hydrogen) atoms. The van der Waals surface area contributed by atoms with Crippen molar-refractivity contribution < 1.29 is 9.90 Å². The maximum absolute atomic E-state index is 10.7. The minimum atomic E-state index is -0.912. The third kappa shape index (κ3) is 1.82. The van der Waals surface area contributed by atoms with Gasteiger partial charge in [-0.25, -0.2) is 9.78 Å². The van der Waals surface area contributed by atoms with Gasteiger partial charge in [0, 0.05) is 24.5 Å². The Morgan fingerprint density at radius 3 is 2.62 bits per heavy atom. The second-order valence-corrected chi connectivity index (χ2v) is 3.42. The first kappa shape index (κ1) is 10.4. The number of carboxylic acids is 1. The third-order valence-electron chi connectivity index (χ3n) is 2.45. The van der Waals surface area contributed by atoms with Crippen LogP contribution in [0.25, 0.3) is 11.4 Å². The lowest BCUT2D eigenvalue weighted by Crippen LogP contribution is -1.98. The van der Waals surface area contributed by atoms with Crippen LogP contribution in [0.15, 0.2) is 36.7 Å².